The van der Waals surface area contributed by atoms with Gasteiger partial charge in [-0.25, -0.2) is 4.79 Å². The molecule has 0 bridgehead atoms. The van der Waals surface area contributed by atoms with Gasteiger partial charge in [0, 0.05) is 30.8 Å². The quantitative estimate of drug-likeness (QED) is 0.818. The third-order valence-electron chi connectivity index (χ3n) is 4.08. The summed E-state index contributed by atoms with van der Waals surface area (Å²) < 4.78 is 11.3. The molecule has 5 heteroatoms. The lowest BCUT2D eigenvalue weighted by Crippen LogP contribution is -2.42. The van der Waals surface area contributed by atoms with Crippen LogP contribution in [0.15, 0.2) is 18.2 Å². The minimum absolute atomic E-state index is 0.239. The maximum Gasteiger partial charge on any atom is 0.410 e. The zero-order chi connectivity index (χ0) is 18.6. The molecule has 1 aromatic rings. The van der Waals surface area contributed by atoms with Gasteiger partial charge in [-0.3, -0.25) is 0 Å². The molecule has 0 aliphatic carbocycles. The molecular weight excluding hydrogens is 316 g/mol. The fourth-order valence-corrected chi connectivity index (χ4v) is 2.97. The van der Waals surface area contributed by atoms with Crippen molar-refractivity contribution in [1.29, 1.82) is 0 Å². The lowest BCUT2D eigenvalue weighted by molar-refractivity contribution is 0.0198. The third kappa shape index (κ3) is 6.15. The summed E-state index contributed by atoms with van der Waals surface area (Å²) in [4.78, 5) is 14.2. The van der Waals surface area contributed by atoms with E-state index < -0.39 is 5.60 Å². The molecule has 1 aromatic carbocycles. The lowest BCUT2D eigenvalue weighted by atomic mass is 9.90. The number of hydrogen-bond acceptors (Lipinski definition) is 4. The van der Waals surface area contributed by atoms with E-state index in [2.05, 4.69) is 19.9 Å². The molecule has 1 saturated heterocycles. The monoisotopic (exact) mass is 348 g/mol. The number of rotatable bonds is 4. The van der Waals surface area contributed by atoms with E-state index in [0.29, 0.717) is 24.8 Å². The third-order valence-corrected chi connectivity index (χ3v) is 4.08. The van der Waals surface area contributed by atoms with Crippen LogP contribution in [0.5, 0.6) is 5.75 Å². The second-order valence-corrected chi connectivity index (χ2v) is 8.31. The summed E-state index contributed by atoms with van der Waals surface area (Å²) in [7, 11) is 0. The first-order valence-corrected chi connectivity index (χ1v) is 9.15. The average Bonchev–Trinajstić information content (AvgIpc) is 2.51. The van der Waals surface area contributed by atoms with Gasteiger partial charge in [0.05, 0.1) is 6.61 Å². The number of benzene rings is 1. The highest BCUT2D eigenvalue weighted by Gasteiger charge is 2.28. The van der Waals surface area contributed by atoms with Crippen LogP contribution in [0.1, 0.15) is 58.9 Å². The van der Waals surface area contributed by atoms with Gasteiger partial charge in [0.2, 0.25) is 0 Å². The number of nitrogens with zero attached hydrogens (tertiary/aromatic N) is 1. The van der Waals surface area contributed by atoms with Gasteiger partial charge >= 0.3 is 6.09 Å². The van der Waals surface area contributed by atoms with Gasteiger partial charge in [-0.1, -0.05) is 13.8 Å². The first-order valence-electron chi connectivity index (χ1n) is 9.15. The molecule has 1 aliphatic heterocycles. The van der Waals surface area contributed by atoms with Crippen molar-refractivity contribution in [3.8, 4) is 5.75 Å². The topological polar surface area (TPSA) is 64.8 Å². The number of piperidine rings is 1. The van der Waals surface area contributed by atoms with Crippen molar-refractivity contribution >= 4 is 11.8 Å². The average molecular weight is 348 g/mol. The maximum absolute atomic E-state index is 12.4. The van der Waals surface area contributed by atoms with Gasteiger partial charge in [0.25, 0.3) is 0 Å². The Kier molecular flexibility index (Phi) is 6.20. The van der Waals surface area contributed by atoms with Crippen molar-refractivity contribution in [2.24, 2.45) is 5.92 Å². The highest BCUT2D eigenvalue weighted by molar-refractivity contribution is 5.68. The number of likely N-dealkylation sites (tertiary alicyclic amines) is 1. The number of nitrogens with two attached hydrogens (primary N) is 1. The van der Waals surface area contributed by atoms with Gasteiger partial charge in [0.1, 0.15) is 11.4 Å². The van der Waals surface area contributed by atoms with Crippen molar-refractivity contribution in [2.75, 3.05) is 25.4 Å². The second kappa shape index (κ2) is 7.98. The van der Waals surface area contributed by atoms with Gasteiger partial charge in [-0.2, -0.15) is 0 Å². The van der Waals surface area contributed by atoms with E-state index in [1.165, 1.54) is 0 Å². The number of carbonyl (C=O) groups is 1. The van der Waals surface area contributed by atoms with E-state index in [1.54, 1.807) is 4.90 Å². The molecule has 1 fully saturated rings. The van der Waals surface area contributed by atoms with E-state index in [1.807, 2.05) is 32.9 Å². The molecule has 2 rings (SSSR count). The van der Waals surface area contributed by atoms with Crippen molar-refractivity contribution in [1.82, 2.24) is 4.90 Å². The molecule has 1 aliphatic rings. The number of hydrogen-bond donors (Lipinski definition) is 1. The summed E-state index contributed by atoms with van der Waals surface area (Å²) in [6.45, 7) is 12.0. The smallest absolute Gasteiger partial charge is 0.410 e. The summed E-state index contributed by atoms with van der Waals surface area (Å²) in [5, 5.41) is 0. The van der Waals surface area contributed by atoms with Gasteiger partial charge < -0.3 is 20.1 Å². The van der Waals surface area contributed by atoms with Crippen LogP contribution >= 0.6 is 0 Å². The summed E-state index contributed by atoms with van der Waals surface area (Å²) in [5.41, 5.74) is 7.42. The molecule has 0 spiro atoms. The van der Waals surface area contributed by atoms with Crippen molar-refractivity contribution in [3.05, 3.63) is 23.8 Å². The normalized spacial score (nSPS) is 18.3. The highest BCUT2D eigenvalue weighted by atomic mass is 16.6. The van der Waals surface area contributed by atoms with Crippen molar-refractivity contribution < 1.29 is 14.3 Å². The van der Waals surface area contributed by atoms with Crippen LogP contribution in [0.25, 0.3) is 0 Å². The Morgan fingerprint density at radius 3 is 2.68 bits per heavy atom. The predicted octanol–water partition coefficient (Wildman–Crippen LogP) is 4.42. The van der Waals surface area contributed by atoms with E-state index >= 15 is 0 Å². The maximum atomic E-state index is 12.4. The fraction of sp³-hybridized carbons (Fsp3) is 0.650. The summed E-state index contributed by atoms with van der Waals surface area (Å²) in [6.07, 6.45) is 1.75. The summed E-state index contributed by atoms with van der Waals surface area (Å²) in [5.74, 6) is 1.52. The molecule has 1 atom stereocenters. The standard InChI is InChI=1S/C20H32N2O3/c1-14(2)13-24-18-10-16(9-17(21)11-18)15-7-6-8-22(12-15)19(23)25-20(3,4)5/h9-11,14-15H,6-8,12-13,21H2,1-5H3. The second-order valence-electron chi connectivity index (χ2n) is 8.31. The number of nitrogen functional groups attached to an aromatic ring is 1. The van der Waals surface area contributed by atoms with Gasteiger partial charge in [-0.05, 0) is 57.2 Å². The zero-order valence-corrected chi connectivity index (χ0v) is 16.2. The van der Waals surface area contributed by atoms with Gasteiger partial charge in [-0.15, -0.1) is 0 Å². The summed E-state index contributed by atoms with van der Waals surface area (Å²) in [6, 6.07) is 5.91. The highest BCUT2D eigenvalue weighted by Crippen LogP contribution is 2.32. The molecular formula is C20H32N2O3. The Hall–Kier alpha value is -1.91. The van der Waals surface area contributed by atoms with E-state index in [0.717, 1.165) is 30.7 Å². The van der Waals surface area contributed by atoms with Crippen LogP contribution in [-0.2, 0) is 4.74 Å². The molecule has 1 heterocycles. The van der Waals surface area contributed by atoms with Crippen LogP contribution in [0.2, 0.25) is 0 Å². The van der Waals surface area contributed by atoms with Crippen LogP contribution in [0.3, 0.4) is 0 Å². The molecule has 0 aromatic heterocycles. The van der Waals surface area contributed by atoms with Crippen molar-refractivity contribution in [3.63, 3.8) is 0 Å². The molecule has 2 N–H and O–H groups in total. The molecule has 5 nitrogen and oxygen atoms in total. The Bertz CT molecular complexity index is 593. The van der Waals surface area contributed by atoms with Crippen LogP contribution in [0.4, 0.5) is 10.5 Å². The number of carbonyl (C=O) groups excluding carboxylic acids is 1. The van der Waals surface area contributed by atoms with Crippen LogP contribution < -0.4 is 10.5 Å². The Morgan fingerprint density at radius 2 is 2.04 bits per heavy atom. The largest absolute Gasteiger partial charge is 0.493 e. The molecule has 1 amide bonds. The number of ether oxygens (including phenoxy) is 2. The Labute approximate surface area is 151 Å². The first kappa shape index (κ1) is 19.4. The van der Waals surface area contributed by atoms with E-state index in [4.69, 9.17) is 15.2 Å². The number of amides is 1. The molecule has 1 unspecified atom stereocenters. The van der Waals surface area contributed by atoms with Crippen LogP contribution in [-0.4, -0.2) is 36.3 Å². The molecule has 25 heavy (non-hydrogen) atoms. The van der Waals surface area contributed by atoms with E-state index in [-0.39, 0.29) is 12.0 Å². The lowest BCUT2D eigenvalue weighted by Gasteiger charge is -2.34. The predicted molar refractivity (Wildman–Crippen MR) is 101 cm³/mol. The fourth-order valence-electron chi connectivity index (χ4n) is 2.97. The van der Waals surface area contributed by atoms with Gasteiger partial charge in [0.15, 0.2) is 0 Å². The minimum atomic E-state index is -0.473. The van der Waals surface area contributed by atoms with Crippen LogP contribution in [0, 0.1) is 5.92 Å². The summed E-state index contributed by atoms with van der Waals surface area (Å²) >= 11 is 0. The Balaban J connectivity index is 2.08. The zero-order valence-electron chi connectivity index (χ0n) is 16.2. The Morgan fingerprint density at radius 1 is 1.32 bits per heavy atom. The minimum Gasteiger partial charge on any atom is -0.493 e. The SMILES string of the molecule is CC(C)COc1cc(N)cc(C2CCCN(C(=O)OC(C)(C)C)C2)c1. The van der Waals surface area contributed by atoms with E-state index in [9.17, 15) is 4.79 Å². The molecule has 0 saturated carbocycles. The number of anilines is 1. The molecule has 0 radical (unpaired) electrons. The molecule has 140 valence electrons. The first-order chi connectivity index (χ1) is 11.6. The van der Waals surface area contributed by atoms with Crippen molar-refractivity contribution in [2.45, 2.75) is 59.0 Å².